The number of carbonyl (C=O) groups is 2. The fraction of sp³-hybridized carbons (Fsp3) is 0.600. The van der Waals surface area contributed by atoms with Gasteiger partial charge in [0.15, 0.2) is 11.5 Å². The van der Waals surface area contributed by atoms with Crippen molar-refractivity contribution in [3.8, 4) is 11.5 Å². The third kappa shape index (κ3) is 4.35. The molecule has 3 heterocycles. The molecule has 7 nitrogen and oxygen atoms in total. The van der Waals surface area contributed by atoms with E-state index in [9.17, 15) is 9.59 Å². The second kappa shape index (κ2) is 8.17. The van der Waals surface area contributed by atoms with E-state index in [1.807, 2.05) is 17.0 Å². The number of piperazine rings is 1. The molecule has 2 amide bonds. The SMILES string of the molecule is O=C(CN1CCCCCC1=O)N1CCN(Cc2ccc3c(c2)OCO3)CC1. The zero-order valence-corrected chi connectivity index (χ0v) is 15.7. The first kappa shape index (κ1) is 18.1. The molecule has 1 aromatic rings. The van der Waals surface area contributed by atoms with Crippen LogP contribution in [0.1, 0.15) is 31.2 Å². The van der Waals surface area contributed by atoms with Gasteiger partial charge in [-0.05, 0) is 30.5 Å². The first-order valence-corrected chi connectivity index (χ1v) is 9.85. The Morgan fingerprint density at radius 1 is 0.963 bits per heavy atom. The summed E-state index contributed by atoms with van der Waals surface area (Å²) < 4.78 is 10.8. The van der Waals surface area contributed by atoms with Gasteiger partial charge < -0.3 is 19.3 Å². The van der Waals surface area contributed by atoms with Gasteiger partial charge in [0.25, 0.3) is 0 Å². The highest BCUT2D eigenvalue weighted by Gasteiger charge is 2.25. The minimum atomic E-state index is 0.0768. The zero-order chi connectivity index (χ0) is 18.6. The third-order valence-electron chi connectivity index (χ3n) is 5.57. The molecule has 0 bridgehead atoms. The van der Waals surface area contributed by atoms with Crippen LogP contribution < -0.4 is 9.47 Å². The molecule has 0 aliphatic carbocycles. The number of rotatable bonds is 4. The Hall–Kier alpha value is -2.28. The van der Waals surface area contributed by atoms with Gasteiger partial charge in [0.1, 0.15) is 0 Å². The molecule has 0 radical (unpaired) electrons. The van der Waals surface area contributed by atoms with Gasteiger partial charge in [0, 0.05) is 45.7 Å². The van der Waals surface area contributed by atoms with Crippen LogP contribution in [0.5, 0.6) is 11.5 Å². The smallest absolute Gasteiger partial charge is 0.242 e. The van der Waals surface area contributed by atoms with Crippen molar-refractivity contribution in [1.29, 1.82) is 0 Å². The molecule has 0 spiro atoms. The van der Waals surface area contributed by atoms with Crippen molar-refractivity contribution in [2.24, 2.45) is 0 Å². The molecule has 0 aromatic heterocycles. The van der Waals surface area contributed by atoms with Gasteiger partial charge in [0.2, 0.25) is 18.6 Å². The minimum absolute atomic E-state index is 0.0768. The molecule has 2 fully saturated rings. The highest BCUT2D eigenvalue weighted by molar-refractivity contribution is 5.85. The third-order valence-corrected chi connectivity index (χ3v) is 5.57. The maximum Gasteiger partial charge on any atom is 0.242 e. The Labute approximate surface area is 159 Å². The van der Waals surface area contributed by atoms with Gasteiger partial charge in [0.05, 0.1) is 6.54 Å². The van der Waals surface area contributed by atoms with Crippen LogP contribution >= 0.6 is 0 Å². The Bertz CT molecular complexity index is 700. The van der Waals surface area contributed by atoms with Gasteiger partial charge in [-0.2, -0.15) is 0 Å². The molecular formula is C20H27N3O4. The van der Waals surface area contributed by atoms with Gasteiger partial charge in [-0.15, -0.1) is 0 Å². The molecule has 0 atom stereocenters. The summed E-state index contributed by atoms with van der Waals surface area (Å²) in [5.41, 5.74) is 1.19. The predicted molar refractivity (Wildman–Crippen MR) is 99.5 cm³/mol. The molecule has 1 aromatic carbocycles. The molecule has 0 unspecified atom stereocenters. The second-order valence-electron chi connectivity index (χ2n) is 7.47. The lowest BCUT2D eigenvalue weighted by atomic mass is 10.1. The lowest BCUT2D eigenvalue weighted by Crippen LogP contribution is -2.51. The van der Waals surface area contributed by atoms with Crippen LogP contribution in [0.2, 0.25) is 0 Å². The van der Waals surface area contributed by atoms with Crippen molar-refractivity contribution < 1.29 is 19.1 Å². The van der Waals surface area contributed by atoms with Gasteiger partial charge in [-0.3, -0.25) is 14.5 Å². The van der Waals surface area contributed by atoms with Gasteiger partial charge in [-0.25, -0.2) is 0 Å². The number of carbonyl (C=O) groups excluding carboxylic acids is 2. The first-order chi connectivity index (χ1) is 13.2. The van der Waals surface area contributed by atoms with E-state index in [4.69, 9.17) is 9.47 Å². The molecule has 0 N–H and O–H groups in total. The molecule has 3 aliphatic rings. The summed E-state index contributed by atoms with van der Waals surface area (Å²) in [6.45, 7) is 5.19. The van der Waals surface area contributed by atoms with E-state index in [0.717, 1.165) is 50.4 Å². The van der Waals surface area contributed by atoms with Crippen LogP contribution in [0, 0.1) is 0 Å². The summed E-state index contributed by atoms with van der Waals surface area (Å²) in [7, 11) is 0. The molecule has 146 valence electrons. The molecular weight excluding hydrogens is 346 g/mol. The zero-order valence-electron chi connectivity index (χ0n) is 15.7. The van der Waals surface area contributed by atoms with E-state index < -0.39 is 0 Å². The predicted octanol–water partition coefficient (Wildman–Crippen LogP) is 1.46. The number of fused-ring (bicyclic) bond motifs is 1. The Morgan fingerprint density at radius 2 is 1.78 bits per heavy atom. The fourth-order valence-corrected chi connectivity index (χ4v) is 3.92. The molecule has 27 heavy (non-hydrogen) atoms. The van der Waals surface area contributed by atoms with Crippen molar-refractivity contribution in [2.45, 2.75) is 32.2 Å². The Kier molecular flexibility index (Phi) is 5.48. The number of benzene rings is 1. The van der Waals surface area contributed by atoms with Crippen molar-refractivity contribution in [1.82, 2.24) is 14.7 Å². The van der Waals surface area contributed by atoms with Crippen molar-refractivity contribution in [3.05, 3.63) is 23.8 Å². The number of nitrogens with zero attached hydrogens (tertiary/aromatic N) is 3. The summed E-state index contributed by atoms with van der Waals surface area (Å²) in [5, 5.41) is 0. The van der Waals surface area contributed by atoms with Crippen LogP contribution in [-0.4, -0.2) is 72.6 Å². The van der Waals surface area contributed by atoms with Crippen LogP contribution in [0.25, 0.3) is 0 Å². The fourth-order valence-electron chi connectivity index (χ4n) is 3.92. The number of hydrogen-bond acceptors (Lipinski definition) is 5. The number of amides is 2. The lowest BCUT2D eigenvalue weighted by molar-refractivity contribution is -0.141. The van der Waals surface area contributed by atoms with E-state index in [2.05, 4.69) is 11.0 Å². The normalized spacial score (nSPS) is 20.7. The van der Waals surface area contributed by atoms with Crippen molar-refractivity contribution in [2.75, 3.05) is 46.1 Å². The van der Waals surface area contributed by atoms with Crippen LogP contribution in [0.15, 0.2) is 18.2 Å². The first-order valence-electron chi connectivity index (χ1n) is 9.85. The highest BCUT2D eigenvalue weighted by Crippen LogP contribution is 2.32. The van der Waals surface area contributed by atoms with Crippen molar-refractivity contribution >= 4 is 11.8 Å². The monoisotopic (exact) mass is 373 g/mol. The molecule has 3 aliphatic heterocycles. The second-order valence-corrected chi connectivity index (χ2v) is 7.47. The quantitative estimate of drug-likeness (QED) is 0.800. The van der Waals surface area contributed by atoms with Crippen LogP contribution in [-0.2, 0) is 16.1 Å². The van der Waals surface area contributed by atoms with Crippen LogP contribution in [0.3, 0.4) is 0 Å². The number of hydrogen-bond donors (Lipinski definition) is 0. The minimum Gasteiger partial charge on any atom is -0.454 e. The van der Waals surface area contributed by atoms with Gasteiger partial charge >= 0.3 is 0 Å². The highest BCUT2D eigenvalue weighted by atomic mass is 16.7. The number of likely N-dealkylation sites (tertiary alicyclic amines) is 1. The molecule has 4 rings (SSSR count). The summed E-state index contributed by atoms with van der Waals surface area (Å²) in [5.74, 6) is 1.82. The molecule has 2 saturated heterocycles. The maximum atomic E-state index is 12.6. The summed E-state index contributed by atoms with van der Waals surface area (Å²) in [6, 6.07) is 6.05. The van der Waals surface area contributed by atoms with Gasteiger partial charge in [-0.1, -0.05) is 12.5 Å². The Balaban J connectivity index is 1.26. The summed E-state index contributed by atoms with van der Waals surface area (Å²) >= 11 is 0. The average Bonchev–Trinajstić information content (AvgIpc) is 3.05. The Morgan fingerprint density at radius 3 is 2.63 bits per heavy atom. The van der Waals surface area contributed by atoms with E-state index in [-0.39, 0.29) is 18.4 Å². The van der Waals surface area contributed by atoms with Crippen molar-refractivity contribution in [3.63, 3.8) is 0 Å². The average molecular weight is 373 g/mol. The standard InChI is InChI=1S/C20H27N3O4/c24-19-4-2-1-3-7-23(19)14-20(25)22-10-8-21(9-11-22)13-16-5-6-17-18(12-16)27-15-26-17/h5-6,12H,1-4,7-11,13-15H2. The number of ether oxygens (including phenoxy) is 2. The lowest BCUT2D eigenvalue weighted by Gasteiger charge is -2.35. The molecule has 0 saturated carbocycles. The molecule has 7 heteroatoms. The summed E-state index contributed by atoms with van der Waals surface area (Å²) in [4.78, 5) is 30.7. The largest absolute Gasteiger partial charge is 0.454 e. The van der Waals surface area contributed by atoms with E-state index >= 15 is 0 Å². The topological polar surface area (TPSA) is 62.3 Å². The van der Waals surface area contributed by atoms with E-state index in [1.165, 1.54) is 5.56 Å². The maximum absolute atomic E-state index is 12.6. The van der Waals surface area contributed by atoms with E-state index in [0.29, 0.717) is 32.8 Å². The summed E-state index contributed by atoms with van der Waals surface area (Å²) in [6.07, 6.45) is 3.61. The van der Waals surface area contributed by atoms with E-state index in [1.54, 1.807) is 4.90 Å². The van der Waals surface area contributed by atoms with Crippen LogP contribution in [0.4, 0.5) is 0 Å².